The summed E-state index contributed by atoms with van der Waals surface area (Å²) in [5, 5.41) is 3.87. The summed E-state index contributed by atoms with van der Waals surface area (Å²) < 4.78 is 0. The van der Waals surface area contributed by atoms with Crippen LogP contribution >= 0.6 is 11.8 Å². The largest absolute Gasteiger partial charge is 0.310 e. The summed E-state index contributed by atoms with van der Waals surface area (Å²) in [5.41, 5.74) is 1.55. The van der Waals surface area contributed by atoms with Crippen molar-refractivity contribution in [3.05, 3.63) is 35.9 Å². The molecule has 0 radical (unpaired) electrons. The van der Waals surface area contributed by atoms with Gasteiger partial charge < -0.3 is 5.32 Å². The highest BCUT2D eigenvalue weighted by atomic mass is 32.2. The van der Waals surface area contributed by atoms with E-state index in [-0.39, 0.29) is 0 Å². The molecule has 98 valence electrons. The summed E-state index contributed by atoms with van der Waals surface area (Å²) in [5.74, 6) is 3.50. The summed E-state index contributed by atoms with van der Waals surface area (Å²) in [6.07, 6.45) is 6.83. The fraction of sp³-hybridized carbons (Fsp3) is 0.625. The molecule has 1 saturated heterocycles. The maximum atomic E-state index is 3.87. The van der Waals surface area contributed by atoms with Crippen LogP contribution in [-0.4, -0.2) is 23.6 Å². The van der Waals surface area contributed by atoms with Gasteiger partial charge in [-0.25, -0.2) is 0 Å². The normalized spacial score (nSPS) is 32.6. The summed E-state index contributed by atoms with van der Waals surface area (Å²) >= 11 is 2.11. The van der Waals surface area contributed by atoms with Gasteiger partial charge >= 0.3 is 0 Å². The van der Waals surface area contributed by atoms with Crippen LogP contribution < -0.4 is 5.32 Å². The predicted octanol–water partition coefficient (Wildman–Crippen LogP) is 3.81. The van der Waals surface area contributed by atoms with E-state index in [9.17, 15) is 0 Å². The zero-order valence-electron chi connectivity index (χ0n) is 11.0. The van der Waals surface area contributed by atoms with Crippen molar-refractivity contribution < 1.29 is 0 Å². The van der Waals surface area contributed by atoms with Gasteiger partial charge in [-0.2, -0.15) is 11.8 Å². The van der Waals surface area contributed by atoms with Gasteiger partial charge in [-0.15, -0.1) is 0 Å². The van der Waals surface area contributed by atoms with E-state index in [0.29, 0.717) is 0 Å². The molecule has 1 aliphatic carbocycles. The zero-order chi connectivity index (χ0) is 12.2. The lowest BCUT2D eigenvalue weighted by Crippen LogP contribution is -2.40. The fourth-order valence-corrected chi connectivity index (χ4v) is 4.48. The molecular weight excluding hydrogens is 238 g/mol. The van der Waals surface area contributed by atoms with Gasteiger partial charge in [0.2, 0.25) is 0 Å². The van der Waals surface area contributed by atoms with Gasteiger partial charge in [-0.1, -0.05) is 30.3 Å². The quantitative estimate of drug-likeness (QED) is 0.888. The van der Waals surface area contributed by atoms with Crippen LogP contribution in [0, 0.1) is 0 Å². The highest BCUT2D eigenvalue weighted by Crippen LogP contribution is 2.33. The van der Waals surface area contributed by atoms with Crippen molar-refractivity contribution in [3.8, 4) is 0 Å². The van der Waals surface area contributed by atoms with Crippen LogP contribution in [0.15, 0.2) is 30.3 Å². The Balaban J connectivity index is 1.49. The topological polar surface area (TPSA) is 12.0 Å². The molecule has 0 aromatic heterocycles. The minimum Gasteiger partial charge on any atom is -0.310 e. The molecule has 1 aromatic carbocycles. The molecule has 1 heterocycles. The lowest BCUT2D eigenvalue weighted by atomic mass is 9.81. The number of nitrogens with one attached hydrogen (secondary N) is 1. The molecule has 18 heavy (non-hydrogen) atoms. The monoisotopic (exact) mass is 261 g/mol. The Hall–Kier alpha value is -0.470. The molecule has 0 spiro atoms. The zero-order valence-corrected chi connectivity index (χ0v) is 11.8. The Kier molecular flexibility index (Phi) is 4.27. The Labute approximate surface area is 115 Å². The highest BCUT2D eigenvalue weighted by molar-refractivity contribution is 7.99. The second-order valence-corrected chi connectivity index (χ2v) is 6.84. The molecule has 2 aliphatic rings. The Morgan fingerprint density at radius 1 is 0.889 bits per heavy atom. The van der Waals surface area contributed by atoms with Gasteiger partial charge in [0.05, 0.1) is 0 Å². The fourth-order valence-electron chi connectivity index (χ4n) is 3.32. The molecular formula is C16H23NS. The first kappa shape index (κ1) is 12.6. The average molecular weight is 261 g/mol. The van der Waals surface area contributed by atoms with Crippen LogP contribution in [0.25, 0.3) is 0 Å². The highest BCUT2D eigenvalue weighted by Gasteiger charge is 2.25. The van der Waals surface area contributed by atoms with Crippen molar-refractivity contribution in [2.45, 2.75) is 50.1 Å². The van der Waals surface area contributed by atoms with Gasteiger partial charge in [0.15, 0.2) is 0 Å². The third kappa shape index (κ3) is 3.10. The van der Waals surface area contributed by atoms with Gasteiger partial charge in [-0.05, 0) is 49.3 Å². The Morgan fingerprint density at radius 3 is 2.33 bits per heavy atom. The van der Waals surface area contributed by atoms with Crippen LogP contribution in [0.4, 0.5) is 0 Å². The van der Waals surface area contributed by atoms with Crippen LogP contribution in [0.5, 0.6) is 0 Å². The molecule has 1 N–H and O–H groups in total. The standard InChI is InChI=1S/C16H23NS/c1-2-4-13(5-3-1)14-6-8-15(9-7-14)17-16-10-11-18-12-16/h1-5,14-17H,6-12H2. The third-order valence-electron chi connectivity index (χ3n) is 4.40. The molecule has 1 aliphatic heterocycles. The lowest BCUT2D eigenvalue weighted by molar-refractivity contribution is 0.321. The minimum atomic E-state index is 0.786. The number of hydrogen-bond donors (Lipinski definition) is 1. The summed E-state index contributed by atoms with van der Waals surface area (Å²) in [4.78, 5) is 0. The van der Waals surface area contributed by atoms with E-state index in [1.807, 2.05) is 0 Å². The predicted molar refractivity (Wildman–Crippen MR) is 80.3 cm³/mol. The summed E-state index contributed by atoms with van der Waals surface area (Å²) in [6.45, 7) is 0. The molecule has 1 unspecified atom stereocenters. The molecule has 1 atom stereocenters. The SMILES string of the molecule is c1ccc(C2CCC(NC3CCSC3)CC2)cc1. The Bertz CT molecular complexity index is 351. The van der Waals surface area contributed by atoms with E-state index in [1.165, 1.54) is 43.6 Å². The number of benzene rings is 1. The first-order chi connectivity index (χ1) is 8.92. The molecule has 1 saturated carbocycles. The second kappa shape index (κ2) is 6.12. The molecule has 2 fully saturated rings. The maximum absolute atomic E-state index is 3.87. The maximum Gasteiger partial charge on any atom is 0.0168 e. The molecule has 2 heteroatoms. The summed E-state index contributed by atoms with van der Waals surface area (Å²) in [6, 6.07) is 12.7. The molecule has 0 amide bonds. The average Bonchev–Trinajstić information content (AvgIpc) is 2.94. The number of thioether (sulfide) groups is 1. The van der Waals surface area contributed by atoms with Gasteiger partial charge in [0, 0.05) is 17.8 Å². The molecule has 0 bridgehead atoms. The van der Waals surface area contributed by atoms with Crippen LogP contribution in [0.2, 0.25) is 0 Å². The van der Waals surface area contributed by atoms with Gasteiger partial charge in [0.25, 0.3) is 0 Å². The molecule has 3 rings (SSSR count). The second-order valence-electron chi connectivity index (χ2n) is 5.69. The van der Waals surface area contributed by atoms with Gasteiger partial charge in [0.1, 0.15) is 0 Å². The third-order valence-corrected chi connectivity index (χ3v) is 5.56. The van der Waals surface area contributed by atoms with Crippen molar-refractivity contribution in [3.63, 3.8) is 0 Å². The van der Waals surface area contributed by atoms with E-state index in [1.54, 1.807) is 5.56 Å². The van der Waals surface area contributed by atoms with Crippen LogP contribution in [0.3, 0.4) is 0 Å². The number of hydrogen-bond acceptors (Lipinski definition) is 2. The first-order valence-electron chi connectivity index (χ1n) is 7.30. The van der Waals surface area contributed by atoms with Crippen molar-refractivity contribution in [1.82, 2.24) is 5.32 Å². The lowest BCUT2D eigenvalue weighted by Gasteiger charge is -2.31. The van der Waals surface area contributed by atoms with E-state index in [0.717, 1.165) is 18.0 Å². The summed E-state index contributed by atoms with van der Waals surface area (Å²) in [7, 11) is 0. The van der Waals surface area contributed by atoms with E-state index in [2.05, 4.69) is 47.4 Å². The van der Waals surface area contributed by atoms with E-state index in [4.69, 9.17) is 0 Å². The van der Waals surface area contributed by atoms with Crippen molar-refractivity contribution in [1.29, 1.82) is 0 Å². The van der Waals surface area contributed by atoms with Crippen molar-refractivity contribution in [2.24, 2.45) is 0 Å². The van der Waals surface area contributed by atoms with Crippen molar-refractivity contribution >= 4 is 11.8 Å². The van der Waals surface area contributed by atoms with Gasteiger partial charge in [-0.3, -0.25) is 0 Å². The van der Waals surface area contributed by atoms with E-state index >= 15 is 0 Å². The molecule has 1 nitrogen and oxygen atoms in total. The smallest absolute Gasteiger partial charge is 0.0168 e. The van der Waals surface area contributed by atoms with Crippen LogP contribution in [-0.2, 0) is 0 Å². The number of rotatable bonds is 3. The van der Waals surface area contributed by atoms with E-state index < -0.39 is 0 Å². The Morgan fingerprint density at radius 2 is 1.67 bits per heavy atom. The van der Waals surface area contributed by atoms with Crippen LogP contribution in [0.1, 0.15) is 43.6 Å². The first-order valence-corrected chi connectivity index (χ1v) is 8.46. The minimum absolute atomic E-state index is 0.786. The van der Waals surface area contributed by atoms with Crippen molar-refractivity contribution in [2.75, 3.05) is 11.5 Å². The molecule has 1 aromatic rings.